The second-order valence-corrected chi connectivity index (χ2v) is 4.87. The highest BCUT2D eigenvalue weighted by atomic mass is 16.5. The third-order valence-corrected chi connectivity index (χ3v) is 3.29. The first-order valence-electron chi connectivity index (χ1n) is 6.87. The van der Waals surface area contributed by atoms with Crippen LogP contribution in [0.3, 0.4) is 0 Å². The molecule has 2 amide bonds. The zero-order valence-electron chi connectivity index (χ0n) is 11.9. The lowest BCUT2D eigenvalue weighted by molar-refractivity contribution is -0.120. The van der Waals surface area contributed by atoms with Crippen LogP contribution in [0.4, 0.5) is 11.4 Å². The molecule has 108 valence electrons. The molecule has 0 unspecified atom stereocenters. The summed E-state index contributed by atoms with van der Waals surface area (Å²) >= 11 is 0. The minimum absolute atomic E-state index is 0.0392. The topological polar surface area (TPSA) is 58.6 Å². The predicted octanol–water partition coefficient (Wildman–Crippen LogP) is 1.96. The van der Waals surface area contributed by atoms with Crippen molar-refractivity contribution in [1.82, 2.24) is 0 Å². The monoisotopic (exact) mass is 276 g/mol. The van der Waals surface area contributed by atoms with Crippen LogP contribution in [-0.2, 0) is 20.7 Å². The molecule has 0 saturated heterocycles. The number of carbonyl (C=O) groups is 2. The molecule has 5 heteroatoms. The van der Waals surface area contributed by atoms with Gasteiger partial charge in [-0.2, -0.15) is 0 Å². The van der Waals surface area contributed by atoms with Crippen LogP contribution in [0.1, 0.15) is 25.3 Å². The summed E-state index contributed by atoms with van der Waals surface area (Å²) in [4.78, 5) is 25.3. The van der Waals surface area contributed by atoms with Crippen molar-refractivity contribution in [3.63, 3.8) is 0 Å². The second kappa shape index (κ2) is 6.52. The average molecular weight is 276 g/mol. The van der Waals surface area contributed by atoms with Crippen molar-refractivity contribution < 1.29 is 14.3 Å². The van der Waals surface area contributed by atoms with Crippen molar-refractivity contribution in [2.75, 3.05) is 30.5 Å². The van der Waals surface area contributed by atoms with Crippen molar-refractivity contribution in [2.24, 2.45) is 0 Å². The van der Waals surface area contributed by atoms with E-state index in [0.29, 0.717) is 6.42 Å². The Morgan fingerprint density at radius 1 is 1.40 bits per heavy atom. The molecule has 0 atom stereocenters. The summed E-state index contributed by atoms with van der Waals surface area (Å²) in [7, 11) is 1.49. The fourth-order valence-electron chi connectivity index (χ4n) is 2.43. The highest BCUT2D eigenvalue weighted by molar-refractivity contribution is 5.97. The van der Waals surface area contributed by atoms with Gasteiger partial charge in [0.25, 0.3) is 0 Å². The van der Waals surface area contributed by atoms with Crippen LogP contribution in [-0.4, -0.2) is 32.1 Å². The molecular formula is C15H20N2O3. The van der Waals surface area contributed by atoms with Gasteiger partial charge < -0.3 is 15.0 Å². The van der Waals surface area contributed by atoms with Gasteiger partial charge in [0.1, 0.15) is 6.61 Å². The number of methoxy groups -OCH3 is 1. The molecule has 20 heavy (non-hydrogen) atoms. The zero-order valence-corrected chi connectivity index (χ0v) is 11.9. The summed E-state index contributed by atoms with van der Waals surface area (Å²) in [6.07, 6.45) is 2.18. The molecule has 1 aromatic carbocycles. The Morgan fingerprint density at radius 2 is 2.20 bits per heavy atom. The van der Waals surface area contributed by atoms with Gasteiger partial charge >= 0.3 is 0 Å². The highest BCUT2D eigenvalue weighted by Gasteiger charge is 2.23. The van der Waals surface area contributed by atoms with E-state index in [4.69, 9.17) is 4.74 Å². The number of hydrogen-bond donors (Lipinski definition) is 1. The smallest absolute Gasteiger partial charge is 0.250 e. The van der Waals surface area contributed by atoms with Gasteiger partial charge in [0.15, 0.2) is 0 Å². The quantitative estimate of drug-likeness (QED) is 0.894. The van der Waals surface area contributed by atoms with Gasteiger partial charge in [0.05, 0.1) is 0 Å². The Hall–Kier alpha value is -1.88. The van der Waals surface area contributed by atoms with Crippen molar-refractivity contribution in [3.8, 4) is 0 Å². The molecule has 0 radical (unpaired) electrons. The lowest BCUT2D eigenvalue weighted by Crippen LogP contribution is -2.35. The van der Waals surface area contributed by atoms with Crippen molar-refractivity contribution in [1.29, 1.82) is 0 Å². The van der Waals surface area contributed by atoms with Crippen molar-refractivity contribution in [2.45, 2.75) is 26.2 Å². The van der Waals surface area contributed by atoms with Gasteiger partial charge in [-0.15, -0.1) is 0 Å². The molecule has 1 aromatic rings. The standard InChI is InChI=1S/C15H20N2O3/c1-3-8-17-13-6-5-12(16-14(18)10-20-2)9-11(13)4-7-15(17)19/h5-6,9H,3-4,7-8,10H2,1-2H3,(H,16,18). The molecule has 1 N–H and O–H groups in total. The van der Waals surface area contributed by atoms with E-state index < -0.39 is 0 Å². The molecule has 0 fully saturated rings. The Morgan fingerprint density at radius 3 is 2.90 bits per heavy atom. The number of amides is 2. The number of rotatable bonds is 5. The highest BCUT2D eigenvalue weighted by Crippen LogP contribution is 2.30. The third kappa shape index (κ3) is 3.17. The summed E-state index contributed by atoms with van der Waals surface area (Å²) in [5.74, 6) is 0.000249. The maximum Gasteiger partial charge on any atom is 0.250 e. The molecule has 0 saturated carbocycles. The number of anilines is 2. The molecule has 0 bridgehead atoms. The maximum absolute atomic E-state index is 11.9. The average Bonchev–Trinajstić information content (AvgIpc) is 2.42. The molecule has 5 nitrogen and oxygen atoms in total. The predicted molar refractivity (Wildman–Crippen MR) is 77.9 cm³/mol. The van der Waals surface area contributed by atoms with Crippen molar-refractivity contribution >= 4 is 23.2 Å². The Labute approximate surface area is 118 Å². The van der Waals surface area contributed by atoms with Crippen LogP contribution in [0.25, 0.3) is 0 Å². The van der Waals surface area contributed by atoms with E-state index in [2.05, 4.69) is 12.2 Å². The molecule has 1 aliphatic rings. The van der Waals surface area contributed by atoms with E-state index >= 15 is 0 Å². The van der Waals surface area contributed by atoms with Crippen LogP contribution >= 0.6 is 0 Å². The molecule has 2 rings (SSSR count). The molecule has 0 aliphatic carbocycles. The molecule has 1 heterocycles. The number of aryl methyl sites for hydroxylation is 1. The lowest BCUT2D eigenvalue weighted by atomic mass is 10.00. The number of nitrogens with zero attached hydrogens (tertiary/aromatic N) is 1. The molecular weight excluding hydrogens is 256 g/mol. The van der Waals surface area contributed by atoms with E-state index in [0.717, 1.165) is 36.3 Å². The third-order valence-electron chi connectivity index (χ3n) is 3.29. The van der Waals surface area contributed by atoms with Crippen LogP contribution in [0.5, 0.6) is 0 Å². The first kappa shape index (κ1) is 14.5. The summed E-state index contributed by atoms with van der Waals surface area (Å²) in [5.41, 5.74) is 2.82. The molecule has 1 aliphatic heterocycles. The summed E-state index contributed by atoms with van der Waals surface area (Å²) < 4.78 is 4.79. The van der Waals surface area contributed by atoms with Gasteiger partial charge in [-0.25, -0.2) is 0 Å². The van der Waals surface area contributed by atoms with Gasteiger partial charge in [0.2, 0.25) is 11.8 Å². The summed E-state index contributed by atoms with van der Waals surface area (Å²) in [6.45, 7) is 2.83. The molecule has 0 aromatic heterocycles. The van der Waals surface area contributed by atoms with Crippen LogP contribution in [0.15, 0.2) is 18.2 Å². The first-order valence-corrected chi connectivity index (χ1v) is 6.87. The Bertz CT molecular complexity index is 514. The van der Waals surface area contributed by atoms with Gasteiger partial charge in [-0.05, 0) is 36.6 Å². The SMILES string of the molecule is CCCN1C(=O)CCc2cc(NC(=O)COC)ccc21. The normalized spacial score (nSPS) is 14.1. The largest absolute Gasteiger partial charge is 0.375 e. The Balaban J connectivity index is 2.19. The van der Waals surface area contributed by atoms with E-state index in [1.165, 1.54) is 7.11 Å². The second-order valence-electron chi connectivity index (χ2n) is 4.87. The number of ether oxygens (including phenoxy) is 1. The minimum atomic E-state index is -0.176. The summed E-state index contributed by atoms with van der Waals surface area (Å²) in [5, 5.41) is 2.78. The van der Waals surface area contributed by atoms with E-state index in [1.807, 2.05) is 23.1 Å². The fourth-order valence-corrected chi connectivity index (χ4v) is 2.43. The van der Waals surface area contributed by atoms with E-state index in [1.54, 1.807) is 0 Å². The van der Waals surface area contributed by atoms with E-state index in [9.17, 15) is 9.59 Å². The van der Waals surface area contributed by atoms with Crippen LogP contribution in [0, 0.1) is 0 Å². The Kier molecular flexibility index (Phi) is 4.74. The molecule has 0 spiro atoms. The van der Waals surface area contributed by atoms with Gasteiger partial charge in [-0.1, -0.05) is 6.92 Å². The number of nitrogens with one attached hydrogen (secondary N) is 1. The number of hydrogen-bond acceptors (Lipinski definition) is 3. The number of carbonyl (C=O) groups excluding carboxylic acids is 2. The van der Waals surface area contributed by atoms with Crippen LogP contribution in [0.2, 0.25) is 0 Å². The maximum atomic E-state index is 11.9. The zero-order chi connectivity index (χ0) is 14.5. The number of fused-ring (bicyclic) bond motifs is 1. The van der Waals surface area contributed by atoms with E-state index in [-0.39, 0.29) is 18.4 Å². The summed E-state index contributed by atoms with van der Waals surface area (Å²) in [6, 6.07) is 5.68. The first-order chi connectivity index (χ1) is 9.65. The minimum Gasteiger partial charge on any atom is -0.375 e. The van der Waals surface area contributed by atoms with Gasteiger partial charge in [-0.3, -0.25) is 9.59 Å². The number of benzene rings is 1. The van der Waals surface area contributed by atoms with Crippen LogP contribution < -0.4 is 10.2 Å². The van der Waals surface area contributed by atoms with Crippen molar-refractivity contribution in [3.05, 3.63) is 23.8 Å². The fraction of sp³-hybridized carbons (Fsp3) is 0.467. The lowest BCUT2D eigenvalue weighted by Gasteiger charge is -2.29. The van der Waals surface area contributed by atoms with Gasteiger partial charge in [0, 0.05) is 31.5 Å².